The topological polar surface area (TPSA) is 99.9 Å². The van der Waals surface area contributed by atoms with E-state index < -0.39 is 4.92 Å². The number of non-ortho nitro benzene ring substituents is 1. The summed E-state index contributed by atoms with van der Waals surface area (Å²) in [6.45, 7) is 0.383. The Labute approximate surface area is 150 Å². The standard InChI is InChI=1S/C18H20N2O6/c1-24-15-10-12(11-16(25-2)17(15)26-3)8-9-19-18(21)13-4-6-14(7-5-13)20(22)23/h4-7,10-11H,8-9H2,1-3H3,(H,19,21). The highest BCUT2D eigenvalue weighted by molar-refractivity contribution is 5.94. The van der Waals surface area contributed by atoms with Crippen LogP contribution in [0.3, 0.4) is 0 Å². The van der Waals surface area contributed by atoms with Gasteiger partial charge in [-0.15, -0.1) is 0 Å². The second-order valence-corrected chi connectivity index (χ2v) is 5.34. The van der Waals surface area contributed by atoms with Crippen molar-refractivity contribution in [1.82, 2.24) is 5.32 Å². The Morgan fingerprint density at radius 1 is 1.04 bits per heavy atom. The maximum atomic E-state index is 12.1. The molecule has 0 saturated carbocycles. The highest BCUT2D eigenvalue weighted by atomic mass is 16.6. The van der Waals surface area contributed by atoms with E-state index in [9.17, 15) is 14.9 Å². The van der Waals surface area contributed by atoms with Crippen molar-refractivity contribution in [1.29, 1.82) is 0 Å². The number of hydrogen-bond acceptors (Lipinski definition) is 6. The fourth-order valence-electron chi connectivity index (χ4n) is 2.44. The molecule has 1 amide bonds. The van der Waals surface area contributed by atoms with Gasteiger partial charge >= 0.3 is 0 Å². The number of nitro groups is 1. The summed E-state index contributed by atoms with van der Waals surface area (Å²) >= 11 is 0. The molecule has 0 aromatic heterocycles. The number of nitrogens with zero attached hydrogens (tertiary/aromatic N) is 1. The molecule has 0 aliphatic carbocycles. The maximum absolute atomic E-state index is 12.1. The molecule has 0 bridgehead atoms. The zero-order valence-electron chi connectivity index (χ0n) is 14.8. The van der Waals surface area contributed by atoms with E-state index in [1.807, 2.05) is 12.1 Å². The van der Waals surface area contributed by atoms with Gasteiger partial charge in [-0.2, -0.15) is 0 Å². The van der Waals surface area contributed by atoms with Crippen molar-refractivity contribution >= 4 is 11.6 Å². The number of amides is 1. The van der Waals surface area contributed by atoms with Crippen molar-refractivity contribution in [2.75, 3.05) is 27.9 Å². The second kappa shape index (κ2) is 8.70. The average Bonchev–Trinajstić information content (AvgIpc) is 2.66. The van der Waals surface area contributed by atoms with Gasteiger partial charge in [0.05, 0.1) is 26.3 Å². The molecular formula is C18H20N2O6. The highest BCUT2D eigenvalue weighted by Crippen LogP contribution is 2.38. The zero-order valence-corrected chi connectivity index (χ0v) is 14.8. The Balaban J connectivity index is 2.00. The second-order valence-electron chi connectivity index (χ2n) is 5.34. The minimum atomic E-state index is -0.508. The van der Waals surface area contributed by atoms with Gasteiger partial charge in [0, 0.05) is 24.2 Å². The number of carbonyl (C=O) groups is 1. The fraction of sp³-hybridized carbons (Fsp3) is 0.278. The Morgan fingerprint density at radius 3 is 2.08 bits per heavy atom. The number of ether oxygens (including phenoxy) is 3. The lowest BCUT2D eigenvalue weighted by atomic mass is 10.1. The van der Waals surface area contributed by atoms with E-state index in [0.29, 0.717) is 35.8 Å². The molecule has 0 heterocycles. The van der Waals surface area contributed by atoms with Gasteiger partial charge in [-0.3, -0.25) is 14.9 Å². The number of nitrogens with one attached hydrogen (secondary N) is 1. The van der Waals surface area contributed by atoms with Gasteiger partial charge in [0.1, 0.15) is 0 Å². The van der Waals surface area contributed by atoms with Crippen molar-refractivity contribution in [3.8, 4) is 17.2 Å². The van der Waals surface area contributed by atoms with Crippen molar-refractivity contribution in [2.24, 2.45) is 0 Å². The van der Waals surface area contributed by atoms with E-state index >= 15 is 0 Å². The van der Waals surface area contributed by atoms with Gasteiger partial charge in [0.25, 0.3) is 11.6 Å². The third kappa shape index (κ3) is 4.41. The molecule has 0 spiro atoms. The van der Waals surface area contributed by atoms with Gasteiger partial charge in [-0.25, -0.2) is 0 Å². The summed E-state index contributed by atoms with van der Waals surface area (Å²) in [6.07, 6.45) is 0.551. The largest absolute Gasteiger partial charge is 0.493 e. The number of nitro benzene ring substituents is 1. The van der Waals surface area contributed by atoms with Gasteiger partial charge in [-0.05, 0) is 36.2 Å². The summed E-state index contributed by atoms with van der Waals surface area (Å²) in [4.78, 5) is 22.2. The van der Waals surface area contributed by atoms with Crippen LogP contribution in [0.4, 0.5) is 5.69 Å². The fourth-order valence-corrected chi connectivity index (χ4v) is 2.44. The Hall–Kier alpha value is -3.29. The smallest absolute Gasteiger partial charge is 0.269 e. The molecule has 1 N–H and O–H groups in total. The summed E-state index contributed by atoms with van der Waals surface area (Å²) in [5, 5.41) is 13.4. The van der Waals surface area contributed by atoms with Crippen LogP contribution in [-0.2, 0) is 6.42 Å². The third-order valence-corrected chi connectivity index (χ3v) is 3.76. The Morgan fingerprint density at radius 2 is 1.62 bits per heavy atom. The van der Waals surface area contributed by atoms with Crippen LogP contribution in [-0.4, -0.2) is 38.7 Å². The number of rotatable bonds is 8. The lowest BCUT2D eigenvalue weighted by Gasteiger charge is -2.14. The van der Waals surface area contributed by atoms with Gasteiger partial charge in [0.15, 0.2) is 11.5 Å². The predicted molar refractivity (Wildman–Crippen MR) is 95.2 cm³/mol. The lowest BCUT2D eigenvalue weighted by Crippen LogP contribution is -2.25. The summed E-state index contributed by atoms with van der Waals surface area (Å²) in [7, 11) is 4.61. The molecule has 0 radical (unpaired) electrons. The quantitative estimate of drug-likeness (QED) is 0.574. The van der Waals surface area contributed by atoms with E-state index in [-0.39, 0.29) is 11.6 Å². The number of methoxy groups -OCH3 is 3. The molecule has 2 rings (SSSR count). The normalized spacial score (nSPS) is 10.1. The maximum Gasteiger partial charge on any atom is 0.269 e. The average molecular weight is 360 g/mol. The molecule has 8 nitrogen and oxygen atoms in total. The van der Waals surface area contributed by atoms with Crippen LogP contribution in [0.1, 0.15) is 15.9 Å². The van der Waals surface area contributed by atoms with Crippen LogP contribution in [0.15, 0.2) is 36.4 Å². The third-order valence-electron chi connectivity index (χ3n) is 3.76. The monoisotopic (exact) mass is 360 g/mol. The minimum Gasteiger partial charge on any atom is -0.493 e. The number of hydrogen-bond donors (Lipinski definition) is 1. The lowest BCUT2D eigenvalue weighted by molar-refractivity contribution is -0.384. The van der Waals surface area contributed by atoms with E-state index in [2.05, 4.69) is 5.32 Å². The van der Waals surface area contributed by atoms with E-state index in [1.54, 1.807) is 0 Å². The van der Waals surface area contributed by atoms with Gasteiger partial charge in [0.2, 0.25) is 5.75 Å². The van der Waals surface area contributed by atoms with Crippen LogP contribution in [0.2, 0.25) is 0 Å². The Bertz CT molecular complexity index is 764. The first-order chi connectivity index (χ1) is 12.5. The molecule has 0 unspecified atom stereocenters. The first-order valence-corrected chi connectivity index (χ1v) is 7.81. The van der Waals surface area contributed by atoms with E-state index in [0.717, 1.165) is 5.56 Å². The molecule has 0 fully saturated rings. The van der Waals surface area contributed by atoms with Crippen molar-refractivity contribution < 1.29 is 23.9 Å². The van der Waals surface area contributed by atoms with Crippen molar-refractivity contribution in [3.05, 3.63) is 57.6 Å². The highest BCUT2D eigenvalue weighted by Gasteiger charge is 2.13. The molecule has 2 aromatic carbocycles. The molecule has 8 heteroatoms. The van der Waals surface area contributed by atoms with Crippen LogP contribution < -0.4 is 19.5 Å². The summed E-state index contributed by atoms with van der Waals surface area (Å²) in [5.74, 6) is 1.30. The van der Waals surface area contributed by atoms with Gasteiger partial charge < -0.3 is 19.5 Å². The van der Waals surface area contributed by atoms with Crippen LogP contribution in [0.5, 0.6) is 17.2 Å². The molecular weight excluding hydrogens is 340 g/mol. The van der Waals surface area contributed by atoms with E-state index in [4.69, 9.17) is 14.2 Å². The predicted octanol–water partition coefficient (Wildman–Crippen LogP) is 2.59. The van der Waals surface area contributed by atoms with Crippen LogP contribution in [0, 0.1) is 10.1 Å². The summed E-state index contributed by atoms with van der Waals surface area (Å²) in [6, 6.07) is 9.08. The summed E-state index contributed by atoms with van der Waals surface area (Å²) < 4.78 is 15.9. The number of carbonyl (C=O) groups excluding carboxylic acids is 1. The van der Waals surface area contributed by atoms with Gasteiger partial charge in [-0.1, -0.05) is 0 Å². The van der Waals surface area contributed by atoms with E-state index in [1.165, 1.54) is 45.6 Å². The molecule has 0 aliphatic rings. The molecule has 26 heavy (non-hydrogen) atoms. The first-order valence-electron chi connectivity index (χ1n) is 7.81. The zero-order chi connectivity index (χ0) is 19.1. The number of benzene rings is 2. The first kappa shape index (κ1) is 19.0. The molecule has 2 aromatic rings. The SMILES string of the molecule is COc1cc(CCNC(=O)c2ccc([N+](=O)[O-])cc2)cc(OC)c1OC. The van der Waals surface area contributed by atoms with Crippen LogP contribution in [0.25, 0.3) is 0 Å². The summed E-state index contributed by atoms with van der Waals surface area (Å²) in [5.41, 5.74) is 1.21. The molecule has 0 atom stereocenters. The van der Waals surface area contributed by atoms with Crippen LogP contribution >= 0.6 is 0 Å². The molecule has 138 valence electrons. The van der Waals surface area contributed by atoms with Crippen molar-refractivity contribution in [3.63, 3.8) is 0 Å². The molecule has 0 aliphatic heterocycles. The molecule has 0 saturated heterocycles. The van der Waals surface area contributed by atoms with Crippen molar-refractivity contribution in [2.45, 2.75) is 6.42 Å². The minimum absolute atomic E-state index is 0.0565. The Kier molecular flexibility index (Phi) is 6.37.